The zero-order valence-corrected chi connectivity index (χ0v) is 21.4. The second-order valence-corrected chi connectivity index (χ2v) is 11.3. The number of aromatic amines is 1. The van der Waals surface area contributed by atoms with Crippen LogP contribution in [0.4, 0.5) is 15.9 Å². The van der Waals surface area contributed by atoms with Gasteiger partial charge < -0.3 is 21.1 Å². The van der Waals surface area contributed by atoms with Crippen molar-refractivity contribution in [3.8, 4) is 22.5 Å². The van der Waals surface area contributed by atoms with Crippen molar-refractivity contribution in [1.29, 1.82) is 0 Å². The van der Waals surface area contributed by atoms with Crippen LogP contribution in [0.25, 0.3) is 22.5 Å². The lowest BCUT2D eigenvalue weighted by Gasteiger charge is -2.46. The highest BCUT2D eigenvalue weighted by atomic mass is 19.1. The number of ether oxygens (including phenoxy) is 1. The van der Waals surface area contributed by atoms with Gasteiger partial charge in [0.1, 0.15) is 17.5 Å². The number of nitrogens with one attached hydrogen (secondary N) is 3. The normalized spacial score (nSPS) is 21.9. The number of anilines is 2. The van der Waals surface area contributed by atoms with Crippen molar-refractivity contribution in [2.75, 3.05) is 17.7 Å². The van der Waals surface area contributed by atoms with Crippen molar-refractivity contribution in [3.63, 3.8) is 0 Å². The fourth-order valence-corrected chi connectivity index (χ4v) is 5.76. The van der Waals surface area contributed by atoms with E-state index in [2.05, 4.69) is 63.7 Å². The van der Waals surface area contributed by atoms with Gasteiger partial charge in [-0.25, -0.2) is 4.39 Å². The Bertz CT molecular complexity index is 1220. The fourth-order valence-electron chi connectivity index (χ4n) is 5.76. The molecule has 0 amide bonds. The van der Waals surface area contributed by atoms with Gasteiger partial charge in [0.25, 0.3) is 0 Å². The number of halogens is 1. The van der Waals surface area contributed by atoms with Crippen LogP contribution in [0.1, 0.15) is 71.6 Å². The predicted octanol–water partition coefficient (Wildman–Crippen LogP) is 4.61. The Balaban J connectivity index is 1.35. The maximum absolute atomic E-state index is 15.2. The molecule has 5 rings (SSSR count). The number of nitrogen functional groups attached to an aromatic ring is 1. The van der Waals surface area contributed by atoms with Gasteiger partial charge in [-0.1, -0.05) is 0 Å². The quantitative estimate of drug-likeness (QED) is 0.405. The summed E-state index contributed by atoms with van der Waals surface area (Å²) in [4.78, 5) is 4.37. The van der Waals surface area contributed by atoms with Crippen LogP contribution in [0.3, 0.4) is 0 Å². The minimum absolute atomic E-state index is 0.0195. The van der Waals surface area contributed by atoms with Gasteiger partial charge in [-0.2, -0.15) is 5.10 Å². The first kappa shape index (κ1) is 24.6. The zero-order chi connectivity index (χ0) is 25.5. The van der Waals surface area contributed by atoms with Gasteiger partial charge in [0.05, 0.1) is 11.4 Å². The summed E-state index contributed by atoms with van der Waals surface area (Å²) in [5.41, 5.74) is 9.28. The molecule has 10 heteroatoms. The SMILES string of the molecule is CC1(C)CC(Nc2nnc(-c3ncc(-c4c[nH]nc4C4CCCCO4)cc3F)cc2N)CC(C)(C)N1. The highest BCUT2D eigenvalue weighted by molar-refractivity contribution is 5.71. The van der Waals surface area contributed by atoms with Crippen molar-refractivity contribution in [2.24, 2.45) is 0 Å². The number of aromatic nitrogens is 5. The van der Waals surface area contributed by atoms with Crippen LogP contribution in [-0.2, 0) is 4.74 Å². The van der Waals surface area contributed by atoms with Crippen LogP contribution in [0.15, 0.2) is 24.5 Å². The molecule has 2 saturated heterocycles. The third-order valence-electron chi connectivity index (χ3n) is 6.90. The summed E-state index contributed by atoms with van der Waals surface area (Å²) in [5.74, 6) is 0.00488. The lowest BCUT2D eigenvalue weighted by atomic mass is 9.79. The van der Waals surface area contributed by atoms with Crippen LogP contribution >= 0.6 is 0 Å². The summed E-state index contributed by atoms with van der Waals surface area (Å²) in [6.45, 7) is 9.46. The second-order valence-electron chi connectivity index (χ2n) is 11.3. The van der Waals surface area contributed by atoms with E-state index < -0.39 is 5.82 Å². The van der Waals surface area contributed by atoms with Crippen molar-refractivity contribution in [2.45, 2.75) is 83.0 Å². The van der Waals surface area contributed by atoms with Gasteiger partial charge in [0, 0.05) is 47.2 Å². The van der Waals surface area contributed by atoms with E-state index in [1.807, 2.05) is 0 Å². The van der Waals surface area contributed by atoms with Gasteiger partial charge in [0.2, 0.25) is 0 Å². The van der Waals surface area contributed by atoms with E-state index in [0.717, 1.165) is 43.4 Å². The number of H-pyrrole nitrogens is 1. The Morgan fingerprint density at radius 3 is 2.56 bits per heavy atom. The molecule has 0 aromatic carbocycles. The maximum Gasteiger partial charge on any atom is 0.172 e. The number of piperidine rings is 1. The molecule has 1 atom stereocenters. The molecule has 0 saturated carbocycles. The summed E-state index contributed by atoms with van der Waals surface area (Å²) in [6.07, 6.45) is 8.15. The van der Waals surface area contributed by atoms with Crippen LogP contribution in [-0.4, -0.2) is 49.1 Å². The molecular weight excluding hydrogens is 459 g/mol. The van der Waals surface area contributed by atoms with Crippen LogP contribution in [0.5, 0.6) is 0 Å². The summed E-state index contributed by atoms with van der Waals surface area (Å²) < 4.78 is 21.1. The monoisotopic (exact) mass is 494 g/mol. The largest absolute Gasteiger partial charge is 0.396 e. The van der Waals surface area contributed by atoms with Gasteiger partial charge in [0.15, 0.2) is 11.6 Å². The standard InChI is InChI=1S/C26H35FN8O/c1-25(2)11-16(12-26(3,4)35-25)31-24-19(28)10-20(32-34-24)23-18(27)9-15(13-29-23)17-14-30-33-22(17)21-7-5-6-8-36-21/h9-10,13-14,16,21,35H,5-8,11-12H2,1-4H3,(H2,28,32)(H,30,33)(H,31,34). The molecule has 0 radical (unpaired) electrons. The van der Waals surface area contributed by atoms with E-state index in [9.17, 15) is 0 Å². The first-order valence-corrected chi connectivity index (χ1v) is 12.6. The van der Waals surface area contributed by atoms with E-state index >= 15 is 4.39 Å². The molecule has 3 aromatic heterocycles. The van der Waals surface area contributed by atoms with E-state index in [0.29, 0.717) is 23.7 Å². The van der Waals surface area contributed by atoms with Crippen LogP contribution in [0.2, 0.25) is 0 Å². The topological polar surface area (TPSA) is 127 Å². The Morgan fingerprint density at radius 1 is 1.11 bits per heavy atom. The number of hydrogen-bond acceptors (Lipinski definition) is 8. The predicted molar refractivity (Wildman–Crippen MR) is 138 cm³/mol. The van der Waals surface area contributed by atoms with Gasteiger partial charge >= 0.3 is 0 Å². The van der Waals surface area contributed by atoms with E-state index in [-0.39, 0.29) is 34.6 Å². The Labute approximate surface area is 210 Å². The molecule has 9 nitrogen and oxygen atoms in total. The number of nitrogens with zero attached hydrogens (tertiary/aromatic N) is 4. The minimum atomic E-state index is -0.500. The molecule has 1 unspecified atom stereocenters. The Hall–Kier alpha value is -3.11. The third-order valence-corrected chi connectivity index (χ3v) is 6.90. The van der Waals surface area contributed by atoms with Crippen LogP contribution in [0, 0.1) is 5.82 Å². The number of pyridine rings is 1. The number of rotatable bonds is 5. The lowest BCUT2D eigenvalue weighted by Crippen LogP contribution is -2.60. The average Bonchev–Trinajstić information content (AvgIpc) is 3.29. The van der Waals surface area contributed by atoms with Crippen molar-refractivity contribution >= 4 is 11.5 Å². The Morgan fingerprint density at radius 2 is 1.89 bits per heavy atom. The van der Waals surface area contributed by atoms with E-state index in [1.54, 1.807) is 18.5 Å². The average molecular weight is 495 g/mol. The molecule has 2 aliphatic rings. The smallest absolute Gasteiger partial charge is 0.172 e. The molecule has 0 bridgehead atoms. The molecule has 192 valence electrons. The van der Waals surface area contributed by atoms with Crippen LogP contribution < -0.4 is 16.4 Å². The molecular formula is C26H35FN8O. The summed E-state index contributed by atoms with van der Waals surface area (Å²) in [6, 6.07) is 3.25. The molecule has 0 spiro atoms. The lowest BCUT2D eigenvalue weighted by molar-refractivity contribution is 0.0126. The summed E-state index contributed by atoms with van der Waals surface area (Å²) >= 11 is 0. The van der Waals surface area contributed by atoms with Crippen molar-refractivity contribution in [3.05, 3.63) is 36.0 Å². The van der Waals surface area contributed by atoms with Crippen molar-refractivity contribution in [1.82, 2.24) is 30.7 Å². The highest BCUT2D eigenvalue weighted by Gasteiger charge is 2.38. The van der Waals surface area contributed by atoms with Gasteiger partial charge in [-0.3, -0.25) is 10.1 Å². The minimum Gasteiger partial charge on any atom is -0.396 e. The summed E-state index contributed by atoms with van der Waals surface area (Å²) in [5, 5.41) is 22.9. The molecule has 2 aliphatic heterocycles. The molecule has 0 aliphatic carbocycles. The Kier molecular flexibility index (Phi) is 6.42. The van der Waals surface area contributed by atoms with E-state index in [1.165, 1.54) is 6.07 Å². The number of nitrogens with two attached hydrogens (primary N) is 1. The third kappa shape index (κ3) is 5.19. The molecule has 2 fully saturated rings. The van der Waals surface area contributed by atoms with Crippen molar-refractivity contribution < 1.29 is 9.13 Å². The first-order valence-electron chi connectivity index (χ1n) is 12.6. The summed E-state index contributed by atoms with van der Waals surface area (Å²) in [7, 11) is 0. The fraction of sp³-hybridized carbons (Fsp3) is 0.538. The zero-order valence-electron chi connectivity index (χ0n) is 21.4. The van der Waals surface area contributed by atoms with E-state index in [4.69, 9.17) is 10.5 Å². The highest BCUT2D eigenvalue weighted by Crippen LogP contribution is 2.35. The maximum atomic E-state index is 15.2. The van der Waals surface area contributed by atoms with Gasteiger partial charge in [-0.15, -0.1) is 10.2 Å². The molecule has 5 N–H and O–H groups in total. The molecule has 5 heterocycles. The van der Waals surface area contributed by atoms with Gasteiger partial charge in [-0.05, 0) is 71.9 Å². The number of hydrogen-bond donors (Lipinski definition) is 4. The molecule has 36 heavy (non-hydrogen) atoms. The second kappa shape index (κ2) is 9.40. The first-order chi connectivity index (χ1) is 17.1. The molecule has 3 aromatic rings.